The van der Waals surface area contributed by atoms with E-state index < -0.39 is 0 Å². The van der Waals surface area contributed by atoms with Crippen LogP contribution in [-0.2, 0) is 0 Å². The zero-order valence-corrected chi connectivity index (χ0v) is 7.60. The molecule has 0 spiro atoms. The van der Waals surface area contributed by atoms with Gasteiger partial charge in [0, 0.05) is 12.6 Å². The minimum Gasteiger partial charge on any atom is -0.318 e. The van der Waals surface area contributed by atoms with Crippen LogP contribution >= 0.6 is 11.9 Å². The van der Waals surface area contributed by atoms with Crippen molar-refractivity contribution in [3.05, 3.63) is 29.8 Å². The molecule has 1 aromatic carbocycles. The van der Waals surface area contributed by atoms with Crippen LogP contribution in [0, 0.1) is 0 Å². The molecule has 0 amide bonds. The van der Waals surface area contributed by atoms with Crippen LogP contribution in [-0.4, -0.2) is 18.6 Å². The lowest BCUT2D eigenvalue weighted by molar-refractivity contribution is 0.102. The van der Waals surface area contributed by atoms with Crippen LogP contribution in [0.4, 0.5) is 5.69 Å². The van der Waals surface area contributed by atoms with Gasteiger partial charge in [-0.25, -0.2) is 0 Å². The van der Waals surface area contributed by atoms with Crippen molar-refractivity contribution in [1.82, 2.24) is 0 Å². The molecule has 0 fully saturated rings. The number of ketones is 1. The third-order valence-electron chi connectivity index (χ3n) is 1.93. The number of anilines is 1. The van der Waals surface area contributed by atoms with Gasteiger partial charge in [0.25, 0.3) is 0 Å². The highest BCUT2D eigenvalue weighted by Gasteiger charge is 2.19. The molecular formula is C9H9NOS. The third-order valence-corrected chi connectivity index (χ3v) is 2.91. The summed E-state index contributed by atoms with van der Waals surface area (Å²) in [5, 5.41) is 0. The molecule has 0 atom stereocenters. The molecule has 3 heteroatoms. The van der Waals surface area contributed by atoms with Gasteiger partial charge >= 0.3 is 0 Å². The molecule has 0 bridgehead atoms. The summed E-state index contributed by atoms with van der Waals surface area (Å²) in [5.74, 6) is 0.793. The van der Waals surface area contributed by atoms with Crippen LogP contribution in [0.2, 0.25) is 0 Å². The maximum absolute atomic E-state index is 11.4. The van der Waals surface area contributed by atoms with Crippen molar-refractivity contribution in [3.63, 3.8) is 0 Å². The second-order valence-electron chi connectivity index (χ2n) is 2.71. The van der Waals surface area contributed by atoms with Gasteiger partial charge in [0.15, 0.2) is 5.78 Å². The van der Waals surface area contributed by atoms with Crippen molar-refractivity contribution in [2.24, 2.45) is 0 Å². The van der Waals surface area contributed by atoms with Gasteiger partial charge in [-0.1, -0.05) is 12.1 Å². The van der Waals surface area contributed by atoms with Crippen LogP contribution in [0.25, 0.3) is 0 Å². The highest BCUT2D eigenvalue weighted by molar-refractivity contribution is 8.01. The van der Waals surface area contributed by atoms with Gasteiger partial charge in [-0.2, -0.15) is 0 Å². The summed E-state index contributed by atoms with van der Waals surface area (Å²) in [6.07, 6.45) is 0. The molecule has 1 aromatic rings. The summed E-state index contributed by atoms with van der Waals surface area (Å²) in [6.45, 7) is 0. The van der Waals surface area contributed by atoms with Crippen molar-refractivity contribution in [2.45, 2.75) is 0 Å². The van der Waals surface area contributed by atoms with E-state index in [0.717, 1.165) is 11.3 Å². The number of fused-ring (bicyclic) bond motifs is 1. The summed E-state index contributed by atoms with van der Waals surface area (Å²) in [6, 6.07) is 7.71. The average molecular weight is 179 g/mol. The number of benzene rings is 1. The average Bonchev–Trinajstić information content (AvgIpc) is 2.12. The van der Waals surface area contributed by atoms with Crippen LogP contribution in [0.3, 0.4) is 0 Å². The van der Waals surface area contributed by atoms with Crippen LogP contribution < -0.4 is 4.31 Å². The zero-order valence-electron chi connectivity index (χ0n) is 6.78. The Bertz CT molecular complexity index is 324. The van der Waals surface area contributed by atoms with Gasteiger partial charge < -0.3 is 4.31 Å². The lowest BCUT2D eigenvalue weighted by atomic mass is 10.1. The predicted octanol–water partition coefficient (Wildman–Crippen LogP) is 1.97. The number of Topliss-reactive ketones (excluding diaryl/α,β-unsaturated/α-hetero) is 1. The second-order valence-corrected chi connectivity index (χ2v) is 3.81. The molecule has 62 valence electrons. The first-order valence-electron chi connectivity index (χ1n) is 3.78. The number of carbonyl (C=O) groups is 1. The Kier molecular flexibility index (Phi) is 1.81. The standard InChI is InChI=1S/C9H9NOS/c1-10-8-5-3-2-4-7(8)9(11)6-12-10/h2-5H,6H2,1H3. The summed E-state index contributed by atoms with van der Waals surface area (Å²) in [7, 11) is 1.98. The Morgan fingerprint density at radius 1 is 1.42 bits per heavy atom. The number of para-hydroxylation sites is 1. The Balaban J connectivity index is 2.55. The van der Waals surface area contributed by atoms with E-state index >= 15 is 0 Å². The molecule has 2 nitrogen and oxygen atoms in total. The maximum Gasteiger partial charge on any atom is 0.176 e. The number of rotatable bonds is 0. The van der Waals surface area contributed by atoms with Crippen molar-refractivity contribution in [1.29, 1.82) is 0 Å². The topological polar surface area (TPSA) is 20.3 Å². The van der Waals surface area contributed by atoms with Gasteiger partial charge in [-0.05, 0) is 24.1 Å². The van der Waals surface area contributed by atoms with Gasteiger partial charge in [0.05, 0.1) is 11.4 Å². The quantitative estimate of drug-likeness (QED) is 0.568. The van der Waals surface area contributed by atoms with Gasteiger partial charge in [-0.3, -0.25) is 4.79 Å². The van der Waals surface area contributed by atoms with Crippen molar-refractivity contribution in [3.8, 4) is 0 Å². The highest BCUT2D eigenvalue weighted by Crippen LogP contribution is 2.30. The molecule has 0 aliphatic carbocycles. The first kappa shape index (κ1) is 7.68. The molecule has 1 heterocycles. The summed E-state index contributed by atoms with van der Waals surface area (Å²) < 4.78 is 2.04. The number of hydrogen-bond acceptors (Lipinski definition) is 3. The molecular weight excluding hydrogens is 170 g/mol. The Morgan fingerprint density at radius 2 is 2.17 bits per heavy atom. The van der Waals surface area contributed by atoms with Crippen molar-refractivity contribution in [2.75, 3.05) is 17.1 Å². The fourth-order valence-corrected chi connectivity index (χ4v) is 2.05. The molecule has 12 heavy (non-hydrogen) atoms. The molecule has 1 aliphatic rings. The largest absolute Gasteiger partial charge is 0.318 e. The molecule has 0 aromatic heterocycles. The van der Waals surface area contributed by atoms with Crippen LogP contribution in [0.5, 0.6) is 0 Å². The lowest BCUT2D eigenvalue weighted by Gasteiger charge is -2.24. The number of carbonyl (C=O) groups excluding carboxylic acids is 1. The molecule has 1 aliphatic heterocycles. The van der Waals surface area contributed by atoms with Gasteiger partial charge in [0.2, 0.25) is 0 Å². The SMILES string of the molecule is CN1SCC(=O)c2ccccc21. The normalized spacial score (nSPS) is 16.1. The molecule has 2 rings (SSSR count). The van der Waals surface area contributed by atoms with Crippen LogP contribution in [0.1, 0.15) is 10.4 Å². The first-order valence-corrected chi connectivity index (χ1v) is 4.72. The predicted molar refractivity (Wildman–Crippen MR) is 51.6 cm³/mol. The highest BCUT2D eigenvalue weighted by atomic mass is 32.2. The second kappa shape index (κ2) is 2.83. The first-order chi connectivity index (χ1) is 5.79. The fourth-order valence-electron chi connectivity index (χ4n) is 1.29. The molecule has 0 saturated carbocycles. The maximum atomic E-state index is 11.4. The van der Waals surface area contributed by atoms with Crippen molar-refractivity contribution < 1.29 is 4.79 Å². The van der Waals surface area contributed by atoms with E-state index in [0.29, 0.717) is 5.75 Å². The van der Waals surface area contributed by atoms with Gasteiger partial charge in [-0.15, -0.1) is 0 Å². The number of hydrogen-bond donors (Lipinski definition) is 0. The van der Waals surface area contributed by atoms with Crippen molar-refractivity contribution >= 4 is 23.4 Å². The lowest BCUT2D eigenvalue weighted by Crippen LogP contribution is -2.20. The number of nitrogens with zero attached hydrogens (tertiary/aromatic N) is 1. The molecule has 0 unspecified atom stereocenters. The van der Waals surface area contributed by atoms with Crippen LogP contribution in [0.15, 0.2) is 24.3 Å². The van der Waals surface area contributed by atoms with E-state index in [9.17, 15) is 4.79 Å². The van der Waals surface area contributed by atoms with Gasteiger partial charge in [0.1, 0.15) is 0 Å². The van der Waals surface area contributed by atoms with E-state index in [-0.39, 0.29) is 5.78 Å². The van der Waals surface area contributed by atoms with E-state index in [1.54, 1.807) is 11.9 Å². The fraction of sp³-hybridized carbons (Fsp3) is 0.222. The smallest absolute Gasteiger partial charge is 0.176 e. The Labute approximate surface area is 75.7 Å². The Hall–Kier alpha value is -0.960. The van der Waals surface area contributed by atoms with E-state index in [1.165, 1.54) is 0 Å². The summed E-state index contributed by atoms with van der Waals surface area (Å²) in [4.78, 5) is 11.4. The minimum absolute atomic E-state index is 0.230. The summed E-state index contributed by atoms with van der Waals surface area (Å²) in [5.41, 5.74) is 1.87. The monoisotopic (exact) mass is 179 g/mol. The van der Waals surface area contributed by atoms with E-state index in [2.05, 4.69) is 0 Å². The molecule has 0 N–H and O–H groups in total. The summed E-state index contributed by atoms with van der Waals surface area (Å²) >= 11 is 1.55. The zero-order chi connectivity index (χ0) is 8.55. The third kappa shape index (κ3) is 1.10. The molecule has 0 saturated heterocycles. The molecule has 0 radical (unpaired) electrons. The van der Waals surface area contributed by atoms with E-state index in [4.69, 9.17) is 0 Å². The van der Waals surface area contributed by atoms with E-state index in [1.807, 2.05) is 35.6 Å². The Morgan fingerprint density at radius 3 is 2.92 bits per heavy atom. The minimum atomic E-state index is 0.230.